The van der Waals surface area contributed by atoms with Gasteiger partial charge in [-0.15, -0.1) is 0 Å². The number of methoxy groups -OCH3 is 1. The van der Waals surface area contributed by atoms with Crippen LogP contribution in [0.1, 0.15) is 12.5 Å². The number of hydrogen-bond acceptors (Lipinski definition) is 6. The van der Waals surface area contributed by atoms with E-state index >= 15 is 0 Å². The van der Waals surface area contributed by atoms with Gasteiger partial charge in [0.25, 0.3) is 5.43 Å². The fourth-order valence-electron chi connectivity index (χ4n) is 3.93. The molecule has 5 rings (SSSR count). The average Bonchev–Trinajstić information content (AvgIpc) is 3.62. The summed E-state index contributed by atoms with van der Waals surface area (Å²) in [7, 11) is 1.35. The molecule has 5 aromatic rings. The molecule has 0 amide bonds. The van der Waals surface area contributed by atoms with Crippen molar-refractivity contribution >= 4 is 0 Å². The molecule has 0 aliphatic heterocycles. The molecule has 0 spiro atoms. The zero-order valence-electron chi connectivity index (χ0n) is 20.3. The number of ether oxygens (including phenoxy) is 2. The highest BCUT2D eigenvalue weighted by molar-refractivity contribution is 5.60. The standard InChI is InChI=1S/C26H21F3N6O3/c1-3-38-22-15-18(33-13-5-11-30-33)8-9-20(22)34-16-23(37-2)25(36)24(32-34)21-10-12-31-35(21)19-7-4-6-17(14-19)26(27,28)29/h4-16H,3H2,1-2H3. The van der Waals surface area contributed by atoms with Crippen LogP contribution in [0.15, 0.2) is 84.2 Å². The predicted octanol–water partition coefficient (Wildman–Crippen LogP) is 4.70. The number of aromatic nitrogens is 6. The predicted molar refractivity (Wildman–Crippen MR) is 132 cm³/mol. The van der Waals surface area contributed by atoms with Crippen molar-refractivity contribution in [1.82, 2.24) is 29.3 Å². The van der Waals surface area contributed by atoms with E-state index in [0.29, 0.717) is 18.0 Å². The molecule has 0 atom stereocenters. The van der Waals surface area contributed by atoms with Crippen molar-refractivity contribution in [2.75, 3.05) is 13.7 Å². The summed E-state index contributed by atoms with van der Waals surface area (Å²) in [4.78, 5) is 13.2. The van der Waals surface area contributed by atoms with Crippen LogP contribution in [0.2, 0.25) is 0 Å². The Morgan fingerprint density at radius 1 is 0.921 bits per heavy atom. The van der Waals surface area contributed by atoms with Crippen molar-refractivity contribution in [1.29, 1.82) is 0 Å². The highest BCUT2D eigenvalue weighted by Gasteiger charge is 2.31. The normalized spacial score (nSPS) is 11.5. The lowest BCUT2D eigenvalue weighted by atomic mass is 10.2. The van der Waals surface area contributed by atoms with Crippen molar-refractivity contribution in [3.63, 3.8) is 0 Å². The first-order valence-corrected chi connectivity index (χ1v) is 11.5. The Hall–Kier alpha value is -4.87. The minimum atomic E-state index is -4.54. The smallest absolute Gasteiger partial charge is 0.416 e. The molecule has 194 valence electrons. The number of halogens is 3. The van der Waals surface area contributed by atoms with Crippen LogP contribution in [0.5, 0.6) is 11.5 Å². The third-order valence-corrected chi connectivity index (χ3v) is 5.67. The number of hydrogen-bond donors (Lipinski definition) is 0. The van der Waals surface area contributed by atoms with Gasteiger partial charge < -0.3 is 9.47 Å². The maximum Gasteiger partial charge on any atom is 0.416 e. The molecule has 9 nitrogen and oxygen atoms in total. The van der Waals surface area contributed by atoms with E-state index in [0.717, 1.165) is 17.8 Å². The van der Waals surface area contributed by atoms with Gasteiger partial charge in [-0.05, 0) is 49.4 Å². The summed E-state index contributed by atoms with van der Waals surface area (Å²) < 4.78 is 55.5. The van der Waals surface area contributed by atoms with Gasteiger partial charge in [-0.1, -0.05) is 6.07 Å². The third-order valence-electron chi connectivity index (χ3n) is 5.67. The highest BCUT2D eigenvalue weighted by Crippen LogP contribution is 2.32. The Bertz CT molecular complexity index is 1640. The lowest BCUT2D eigenvalue weighted by molar-refractivity contribution is -0.137. The zero-order chi connectivity index (χ0) is 26.9. The molecule has 38 heavy (non-hydrogen) atoms. The quantitative estimate of drug-likeness (QED) is 0.308. The number of nitrogens with zero attached hydrogens (tertiary/aromatic N) is 6. The van der Waals surface area contributed by atoms with E-state index < -0.39 is 17.2 Å². The van der Waals surface area contributed by atoms with Crippen molar-refractivity contribution < 1.29 is 22.6 Å². The van der Waals surface area contributed by atoms with Gasteiger partial charge in [-0.25, -0.2) is 14.0 Å². The number of benzene rings is 2. The summed E-state index contributed by atoms with van der Waals surface area (Å²) >= 11 is 0. The second-order valence-electron chi connectivity index (χ2n) is 8.03. The second kappa shape index (κ2) is 9.88. The summed E-state index contributed by atoms with van der Waals surface area (Å²) in [5, 5.41) is 12.9. The lowest BCUT2D eigenvalue weighted by Gasteiger charge is -2.16. The van der Waals surface area contributed by atoms with Gasteiger partial charge in [0.15, 0.2) is 11.4 Å². The average molecular weight is 522 g/mol. The van der Waals surface area contributed by atoms with Crippen molar-refractivity contribution in [3.8, 4) is 39.9 Å². The fourth-order valence-corrected chi connectivity index (χ4v) is 3.93. The van der Waals surface area contributed by atoms with Gasteiger partial charge in [0.1, 0.15) is 11.4 Å². The molecule has 3 aromatic heterocycles. The molecular formula is C26H21F3N6O3. The molecule has 2 aromatic carbocycles. The first-order chi connectivity index (χ1) is 18.3. The second-order valence-corrected chi connectivity index (χ2v) is 8.03. The van der Waals surface area contributed by atoms with Crippen molar-refractivity contribution in [3.05, 3.63) is 95.2 Å². The van der Waals surface area contributed by atoms with Crippen molar-refractivity contribution in [2.45, 2.75) is 13.1 Å². The monoisotopic (exact) mass is 522 g/mol. The van der Waals surface area contributed by atoms with Crippen LogP contribution >= 0.6 is 0 Å². The number of rotatable bonds is 7. The Morgan fingerprint density at radius 2 is 1.76 bits per heavy atom. The van der Waals surface area contributed by atoms with Crippen LogP contribution in [-0.2, 0) is 6.18 Å². The van der Waals surface area contributed by atoms with Gasteiger partial charge in [0, 0.05) is 18.5 Å². The summed E-state index contributed by atoms with van der Waals surface area (Å²) in [6.45, 7) is 2.20. The van der Waals surface area contributed by atoms with Gasteiger partial charge in [-0.2, -0.15) is 28.5 Å². The van der Waals surface area contributed by atoms with Crippen LogP contribution < -0.4 is 14.9 Å². The van der Waals surface area contributed by atoms with Crippen LogP contribution in [0.25, 0.3) is 28.5 Å². The Balaban J connectivity index is 1.66. The van der Waals surface area contributed by atoms with E-state index in [1.807, 2.05) is 13.0 Å². The molecule has 12 heteroatoms. The largest absolute Gasteiger partial charge is 0.492 e. The van der Waals surface area contributed by atoms with Gasteiger partial charge in [-0.3, -0.25) is 4.79 Å². The summed E-state index contributed by atoms with van der Waals surface area (Å²) in [5.74, 6) is 0.446. The molecule has 3 heterocycles. The first-order valence-electron chi connectivity index (χ1n) is 11.5. The molecule has 0 fully saturated rings. The Kier molecular flexibility index (Phi) is 6.45. The molecule has 0 bridgehead atoms. The van der Waals surface area contributed by atoms with Gasteiger partial charge in [0.05, 0.1) is 48.7 Å². The van der Waals surface area contributed by atoms with Crippen LogP contribution in [0, 0.1) is 0 Å². The molecular weight excluding hydrogens is 501 g/mol. The number of alkyl halides is 3. The Morgan fingerprint density at radius 3 is 2.47 bits per heavy atom. The van der Waals surface area contributed by atoms with Crippen LogP contribution in [-0.4, -0.2) is 43.1 Å². The summed E-state index contributed by atoms with van der Waals surface area (Å²) in [6, 6.07) is 13.3. The fraction of sp³-hybridized carbons (Fsp3) is 0.154. The topological polar surface area (TPSA) is 89.0 Å². The van der Waals surface area contributed by atoms with E-state index in [1.165, 1.54) is 47.1 Å². The van der Waals surface area contributed by atoms with E-state index in [-0.39, 0.29) is 22.8 Å². The molecule has 0 aliphatic rings. The highest BCUT2D eigenvalue weighted by atomic mass is 19.4. The minimum absolute atomic E-state index is 0.0228. The SMILES string of the molecule is CCOc1cc(-n2cccn2)ccc1-n1cc(OC)c(=O)c(-c2ccnn2-c2cccc(C(F)(F)F)c2)n1. The molecule has 0 aliphatic carbocycles. The van der Waals surface area contributed by atoms with Gasteiger partial charge >= 0.3 is 6.18 Å². The summed E-state index contributed by atoms with van der Waals surface area (Å²) in [5.41, 5.74) is 0.0973. The van der Waals surface area contributed by atoms with Crippen molar-refractivity contribution in [2.24, 2.45) is 0 Å². The molecule has 0 radical (unpaired) electrons. The molecule has 0 saturated carbocycles. The first kappa shape index (κ1) is 24.8. The maximum atomic E-state index is 13.3. The van der Waals surface area contributed by atoms with E-state index in [1.54, 1.807) is 35.3 Å². The lowest BCUT2D eigenvalue weighted by Crippen LogP contribution is -2.18. The van der Waals surface area contributed by atoms with Crippen LogP contribution in [0.4, 0.5) is 13.2 Å². The molecule has 0 N–H and O–H groups in total. The molecule has 0 saturated heterocycles. The van der Waals surface area contributed by atoms with E-state index in [4.69, 9.17) is 9.47 Å². The maximum absolute atomic E-state index is 13.3. The van der Waals surface area contributed by atoms with E-state index in [2.05, 4.69) is 15.3 Å². The van der Waals surface area contributed by atoms with Gasteiger partial charge in [0.2, 0.25) is 0 Å². The minimum Gasteiger partial charge on any atom is -0.492 e. The Labute approximate surface area is 214 Å². The van der Waals surface area contributed by atoms with Crippen LogP contribution in [0.3, 0.4) is 0 Å². The summed E-state index contributed by atoms with van der Waals surface area (Å²) in [6.07, 6.45) is 1.70. The molecule has 0 unspecified atom stereocenters. The zero-order valence-corrected chi connectivity index (χ0v) is 20.3. The van der Waals surface area contributed by atoms with E-state index in [9.17, 15) is 18.0 Å². The third kappa shape index (κ3) is 4.63.